The summed E-state index contributed by atoms with van der Waals surface area (Å²) in [5.41, 5.74) is 2.36. The average Bonchev–Trinajstić information content (AvgIpc) is 3.14. The zero-order valence-corrected chi connectivity index (χ0v) is 12.8. The predicted octanol–water partition coefficient (Wildman–Crippen LogP) is 1.51. The molecule has 120 valence electrons. The fourth-order valence-corrected chi connectivity index (χ4v) is 2.54. The number of aryl methyl sites for hydroxylation is 1. The maximum atomic E-state index is 12.2. The van der Waals surface area contributed by atoms with E-state index in [4.69, 9.17) is 4.42 Å². The van der Waals surface area contributed by atoms with Gasteiger partial charge in [-0.25, -0.2) is 4.98 Å². The van der Waals surface area contributed by atoms with Gasteiger partial charge < -0.3 is 8.98 Å². The molecule has 8 nitrogen and oxygen atoms in total. The van der Waals surface area contributed by atoms with Gasteiger partial charge in [-0.15, -0.1) is 0 Å². The third-order valence-electron chi connectivity index (χ3n) is 3.74. The minimum Gasteiger partial charge on any atom is -0.423 e. The van der Waals surface area contributed by atoms with Gasteiger partial charge in [-0.1, -0.05) is 12.1 Å². The van der Waals surface area contributed by atoms with Crippen molar-refractivity contribution in [2.75, 3.05) is 5.32 Å². The first-order valence-electron chi connectivity index (χ1n) is 7.28. The van der Waals surface area contributed by atoms with Crippen LogP contribution < -0.4 is 10.9 Å². The normalized spacial score (nSPS) is 11.2. The van der Waals surface area contributed by atoms with E-state index in [1.807, 2.05) is 12.1 Å². The average molecular weight is 323 g/mol. The van der Waals surface area contributed by atoms with Gasteiger partial charge in [0.15, 0.2) is 11.2 Å². The van der Waals surface area contributed by atoms with E-state index in [1.165, 1.54) is 17.0 Å². The molecule has 3 aromatic heterocycles. The first-order chi connectivity index (χ1) is 11.6. The summed E-state index contributed by atoms with van der Waals surface area (Å²) in [5.74, 6) is -0.297. The number of oxazole rings is 1. The lowest BCUT2D eigenvalue weighted by atomic mass is 10.3. The zero-order chi connectivity index (χ0) is 16.7. The van der Waals surface area contributed by atoms with Crippen LogP contribution in [-0.2, 0) is 18.4 Å². The van der Waals surface area contributed by atoms with Crippen molar-refractivity contribution >= 4 is 34.2 Å². The van der Waals surface area contributed by atoms with Gasteiger partial charge in [-0.2, -0.15) is 4.98 Å². The first kappa shape index (κ1) is 14.2. The number of aromatic nitrogens is 4. The number of pyridine rings is 1. The van der Waals surface area contributed by atoms with E-state index in [-0.39, 0.29) is 24.0 Å². The highest BCUT2D eigenvalue weighted by Gasteiger charge is 2.12. The molecule has 0 aliphatic rings. The largest absolute Gasteiger partial charge is 0.423 e. The molecule has 0 unspecified atom stereocenters. The number of carbonyl (C=O) groups excluding carboxylic acids is 1. The first-order valence-corrected chi connectivity index (χ1v) is 7.28. The van der Waals surface area contributed by atoms with Crippen LogP contribution >= 0.6 is 0 Å². The second kappa shape index (κ2) is 5.34. The smallest absolute Gasteiger partial charge is 0.302 e. The van der Waals surface area contributed by atoms with Crippen LogP contribution in [-0.4, -0.2) is 25.0 Å². The van der Waals surface area contributed by atoms with Crippen molar-refractivity contribution in [1.82, 2.24) is 19.1 Å². The minimum atomic E-state index is -0.297. The number of hydrogen-bond acceptors (Lipinski definition) is 5. The molecular formula is C16H13N5O3. The molecule has 0 fully saturated rings. The fraction of sp³-hybridized carbons (Fsp3) is 0.125. The van der Waals surface area contributed by atoms with Crippen LogP contribution in [0.2, 0.25) is 0 Å². The molecule has 0 atom stereocenters. The Morgan fingerprint density at radius 2 is 2.08 bits per heavy atom. The molecule has 4 rings (SSSR count). The number of rotatable bonds is 3. The Labute approximate surface area is 135 Å². The van der Waals surface area contributed by atoms with Gasteiger partial charge in [-0.05, 0) is 18.2 Å². The van der Waals surface area contributed by atoms with Gasteiger partial charge >= 0.3 is 6.01 Å². The Hall–Kier alpha value is -3.42. The fourth-order valence-electron chi connectivity index (χ4n) is 2.54. The van der Waals surface area contributed by atoms with E-state index in [1.54, 1.807) is 29.8 Å². The van der Waals surface area contributed by atoms with Crippen molar-refractivity contribution in [3.8, 4) is 0 Å². The molecule has 0 spiro atoms. The number of para-hydroxylation sites is 2. The molecule has 24 heavy (non-hydrogen) atoms. The van der Waals surface area contributed by atoms with Crippen LogP contribution in [0.5, 0.6) is 0 Å². The van der Waals surface area contributed by atoms with Crippen molar-refractivity contribution < 1.29 is 9.21 Å². The van der Waals surface area contributed by atoms with Gasteiger partial charge in [0.05, 0.1) is 11.8 Å². The van der Waals surface area contributed by atoms with Gasteiger partial charge in [0.1, 0.15) is 12.1 Å². The van der Waals surface area contributed by atoms with Crippen LogP contribution in [0.1, 0.15) is 0 Å². The Morgan fingerprint density at radius 3 is 2.92 bits per heavy atom. The third-order valence-corrected chi connectivity index (χ3v) is 3.74. The lowest BCUT2D eigenvalue weighted by molar-refractivity contribution is -0.116. The molecule has 0 aliphatic carbocycles. The molecule has 3 heterocycles. The van der Waals surface area contributed by atoms with Crippen molar-refractivity contribution in [3.63, 3.8) is 0 Å². The molecule has 4 aromatic rings. The molecule has 1 N–H and O–H groups in total. The lowest BCUT2D eigenvalue weighted by Crippen LogP contribution is -2.19. The number of hydrogen-bond donors (Lipinski definition) is 1. The number of carbonyl (C=O) groups is 1. The summed E-state index contributed by atoms with van der Waals surface area (Å²) < 4.78 is 8.56. The summed E-state index contributed by atoms with van der Waals surface area (Å²) in [6, 6.07) is 10.5. The SMILES string of the molecule is Cn1c(=O)ccc2c1ncn2CC(=O)Nc1nc2ccccc2o1. The Balaban J connectivity index is 1.58. The summed E-state index contributed by atoms with van der Waals surface area (Å²) in [6.45, 7) is 0.0351. The quantitative estimate of drug-likeness (QED) is 0.617. The number of benzene rings is 1. The van der Waals surface area contributed by atoms with E-state index in [2.05, 4.69) is 15.3 Å². The topological polar surface area (TPSA) is 95.0 Å². The summed E-state index contributed by atoms with van der Waals surface area (Å²) in [4.78, 5) is 32.2. The van der Waals surface area contributed by atoms with Crippen LogP contribution in [0.15, 0.2) is 51.9 Å². The van der Waals surface area contributed by atoms with Crippen LogP contribution in [0.4, 0.5) is 6.01 Å². The maximum absolute atomic E-state index is 12.2. The van der Waals surface area contributed by atoms with E-state index in [0.717, 1.165) is 0 Å². The van der Waals surface area contributed by atoms with Gasteiger partial charge in [0.25, 0.3) is 5.56 Å². The number of amides is 1. The second-order valence-corrected chi connectivity index (χ2v) is 5.35. The van der Waals surface area contributed by atoms with E-state index in [0.29, 0.717) is 22.3 Å². The number of anilines is 1. The van der Waals surface area contributed by atoms with Crippen molar-refractivity contribution in [2.45, 2.75) is 6.54 Å². The van der Waals surface area contributed by atoms with Gasteiger partial charge in [0, 0.05) is 13.1 Å². The molecule has 8 heteroatoms. The summed E-state index contributed by atoms with van der Waals surface area (Å²) in [5, 5.41) is 2.63. The lowest BCUT2D eigenvalue weighted by Gasteiger charge is -2.04. The molecule has 0 saturated carbocycles. The number of nitrogens with one attached hydrogen (secondary N) is 1. The van der Waals surface area contributed by atoms with Gasteiger partial charge in [0.2, 0.25) is 5.91 Å². The van der Waals surface area contributed by atoms with Crippen molar-refractivity contribution in [2.24, 2.45) is 7.05 Å². The summed E-state index contributed by atoms with van der Waals surface area (Å²) in [6.07, 6.45) is 1.52. The van der Waals surface area contributed by atoms with Crippen molar-refractivity contribution in [1.29, 1.82) is 0 Å². The predicted molar refractivity (Wildman–Crippen MR) is 87.6 cm³/mol. The highest BCUT2D eigenvalue weighted by Crippen LogP contribution is 2.18. The molecule has 0 aliphatic heterocycles. The number of imidazole rings is 1. The molecule has 0 saturated heterocycles. The van der Waals surface area contributed by atoms with Crippen LogP contribution in [0, 0.1) is 0 Å². The number of fused-ring (bicyclic) bond motifs is 2. The van der Waals surface area contributed by atoms with Crippen LogP contribution in [0.25, 0.3) is 22.3 Å². The van der Waals surface area contributed by atoms with E-state index >= 15 is 0 Å². The Kier molecular flexibility index (Phi) is 3.16. The standard InChI is InChI=1S/C16H13N5O3/c1-20-14(23)7-6-11-15(20)17-9-21(11)8-13(22)19-16-18-10-4-2-3-5-12(10)24-16/h2-7,9H,8H2,1H3,(H,18,19,22). The third kappa shape index (κ3) is 2.34. The highest BCUT2D eigenvalue weighted by atomic mass is 16.4. The minimum absolute atomic E-state index is 0.0351. The number of nitrogens with zero attached hydrogens (tertiary/aromatic N) is 4. The highest BCUT2D eigenvalue weighted by molar-refractivity contribution is 5.90. The monoisotopic (exact) mass is 323 g/mol. The zero-order valence-electron chi connectivity index (χ0n) is 12.8. The molecule has 1 aromatic carbocycles. The molecule has 0 radical (unpaired) electrons. The van der Waals surface area contributed by atoms with Gasteiger partial charge in [-0.3, -0.25) is 19.5 Å². The second-order valence-electron chi connectivity index (χ2n) is 5.35. The summed E-state index contributed by atoms with van der Waals surface area (Å²) >= 11 is 0. The van der Waals surface area contributed by atoms with Crippen LogP contribution in [0.3, 0.4) is 0 Å². The maximum Gasteiger partial charge on any atom is 0.302 e. The van der Waals surface area contributed by atoms with Crippen molar-refractivity contribution in [3.05, 3.63) is 53.1 Å². The Morgan fingerprint density at radius 1 is 1.25 bits per heavy atom. The molecule has 1 amide bonds. The van der Waals surface area contributed by atoms with E-state index in [9.17, 15) is 9.59 Å². The Bertz CT molecular complexity index is 1090. The molecular weight excluding hydrogens is 310 g/mol. The molecule has 0 bridgehead atoms. The van der Waals surface area contributed by atoms with E-state index < -0.39 is 0 Å². The summed E-state index contributed by atoms with van der Waals surface area (Å²) in [7, 11) is 1.64.